The van der Waals surface area contributed by atoms with Gasteiger partial charge in [-0.1, -0.05) is 27.7 Å². The van der Waals surface area contributed by atoms with Crippen molar-refractivity contribution in [2.24, 2.45) is 17.6 Å². The van der Waals surface area contributed by atoms with Crippen LogP contribution in [0.5, 0.6) is 0 Å². The molecule has 0 radical (unpaired) electrons. The van der Waals surface area contributed by atoms with Crippen molar-refractivity contribution in [3.05, 3.63) is 36.4 Å². The number of amides is 6. The molecular formula is C32H49N11O8. The predicted molar refractivity (Wildman–Crippen MR) is 181 cm³/mol. The second kappa shape index (κ2) is 19.2. The molecule has 0 bridgehead atoms. The molecule has 19 heteroatoms. The maximum Gasteiger partial charge on any atom is 0.326 e. The van der Waals surface area contributed by atoms with Crippen molar-refractivity contribution >= 4 is 41.4 Å². The molecule has 10 N–H and O–H groups in total. The molecule has 3 rings (SSSR count). The smallest absolute Gasteiger partial charge is 0.326 e. The Morgan fingerprint density at radius 1 is 0.863 bits per heavy atom. The highest BCUT2D eigenvalue weighted by Gasteiger charge is 2.40. The minimum atomic E-state index is -1.17. The number of hydrogen-bond donors (Lipinski definition) is 9. The normalized spacial score (nSPS) is 16.5. The summed E-state index contributed by atoms with van der Waals surface area (Å²) in [6.07, 6.45) is 7.08. The molecule has 0 spiro atoms. The van der Waals surface area contributed by atoms with Crippen LogP contribution in [0.2, 0.25) is 0 Å². The van der Waals surface area contributed by atoms with Crippen molar-refractivity contribution in [1.82, 2.24) is 51.4 Å². The first-order chi connectivity index (χ1) is 24.2. The molecule has 6 amide bonds. The zero-order valence-corrected chi connectivity index (χ0v) is 29.2. The Labute approximate surface area is 295 Å². The van der Waals surface area contributed by atoms with Crippen LogP contribution in [0.3, 0.4) is 0 Å². The van der Waals surface area contributed by atoms with E-state index >= 15 is 0 Å². The van der Waals surface area contributed by atoms with Gasteiger partial charge in [-0.15, -0.1) is 0 Å². The Morgan fingerprint density at radius 3 is 2.00 bits per heavy atom. The Kier molecular flexibility index (Phi) is 15.1. The molecule has 2 aromatic rings. The summed E-state index contributed by atoms with van der Waals surface area (Å²) in [4.78, 5) is 105. The Balaban J connectivity index is 1.57. The average molecular weight is 716 g/mol. The molecular weight excluding hydrogens is 666 g/mol. The van der Waals surface area contributed by atoms with E-state index in [2.05, 4.69) is 46.5 Å². The number of nitrogens with one attached hydrogen (secondary N) is 7. The van der Waals surface area contributed by atoms with Gasteiger partial charge in [0, 0.05) is 43.2 Å². The fourth-order valence-corrected chi connectivity index (χ4v) is 5.57. The summed E-state index contributed by atoms with van der Waals surface area (Å²) in [5.74, 6) is -5.30. The maximum atomic E-state index is 13.6. The number of carbonyl (C=O) groups excluding carboxylic acids is 6. The summed E-state index contributed by atoms with van der Waals surface area (Å²) in [6, 6.07) is -5.16. The van der Waals surface area contributed by atoms with E-state index in [1.165, 1.54) is 29.9 Å². The van der Waals surface area contributed by atoms with Crippen molar-refractivity contribution in [3.63, 3.8) is 0 Å². The van der Waals surface area contributed by atoms with Crippen LogP contribution in [-0.2, 0) is 46.4 Å². The first-order valence-corrected chi connectivity index (χ1v) is 16.8. The van der Waals surface area contributed by atoms with E-state index in [9.17, 15) is 38.7 Å². The van der Waals surface area contributed by atoms with Crippen LogP contribution in [0.25, 0.3) is 0 Å². The van der Waals surface area contributed by atoms with Crippen molar-refractivity contribution in [2.45, 2.75) is 90.0 Å². The second-order valence-corrected chi connectivity index (χ2v) is 13.2. The number of carbonyl (C=O) groups is 7. The van der Waals surface area contributed by atoms with Gasteiger partial charge in [0.15, 0.2) is 0 Å². The number of hydrogen-bond acceptors (Lipinski definition) is 10. The summed E-state index contributed by atoms with van der Waals surface area (Å²) in [6.45, 7) is 6.36. The lowest BCUT2D eigenvalue weighted by molar-refractivity contribution is -0.145. The lowest BCUT2D eigenvalue weighted by atomic mass is 10.0. The Morgan fingerprint density at radius 2 is 1.45 bits per heavy atom. The topological polar surface area (TPSA) is 286 Å². The zero-order valence-electron chi connectivity index (χ0n) is 29.2. The summed E-state index contributed by atoms with van der Waals surface area (Å²) in [5, 5.41) is 22.2. The van der Waals surface area contributed by atoms with E-state index in [1.807, 2.05) is 13.8 Å². The van der Waals surface area contributed by atoms with Gasteiger partial charge in [-0.2, -0.15) is 0 Å². The third-order valence-electron chi connectivity index (χ3n) is 8.22. The number of H-pyrrole nitrogens is 2. The third kappa shape index (κ3) is 12.5. The molecule has 19 nitrogen and oxygen atoms in total. The number of aromatic amines is 2. The molecule has 51 heavy (non-hydrogen) atoms. The number of rotatable bonds is 19. The van der Waals surface area contributed by atoms with Gasteiger partial charge in [0.1, 0.15) is 24.2 Å². The van der Waals surface area contributed by atoms with E-state index in [1.54, 1.807) is 13.8 Å². The van der Waals surface area contributed by atoms with Crippen LogP contribution in [0, 0.1) is 11.8 Å². The summed E-state index contributed by atoms with van der Waals surface area (Å²) >= 11 is 0. The van der Waals surface area contributed by atoms with E-state index in [0.717, 1.165) is 0 Å². The van der Waals surface area contributed by atoms with E-state index in [4.69, 9.17) is 5.73 Å². The lowest BCUT2D eigenvalue weighted by Crippen LogP contribution is -2.58. The first kappa shape index (κ1) is 40.1. The van der Waals surface area contributed by atoms with Gasteiger partial charge in [0.05, 0.1) is 31.8 Å². The Bertz CT molecular complexity index is 1500. The van der Waals surface area contributed by atoms with Gasteiger partial charge >= 0.3 is 5.97 Å². The molecule has 1 saturated heterocycles. The van der Waals surface area contributed by atoms with Crippen LogP contribution < -0.4 is 32.3 Å². The first-order valence-electron chi connectivity index (χ1n) is 16.8. The largest absolute Gasteiger partial charge is 0.480 e. The summed E-state index contributed by atoms with van der Waals surface area (Å²) < 4.78 is 0. The number of likely N-dealkylation sites (tertiary alicyclic amines) is 1. The van der Waals surface area contributed by atoms with Gasteiger partial charge in [0.25, 0.3) is 0 Å². The summed E-state index contributed by atoms with van der Waals surface area (Å²) in [5.41, 5.74) is 7.06. The predicted octanol–water partition coefficient (Wildman–Crippen LogP) is -2.29. The number of carboxylic acid groups (broad SMARTS) is 1. The highest BCUT2D eigenvalue weighted by atomic mass is 16.4. The zero-order chi connectivity index (χ0) is 37.7. The van der Waals surface area contributed by atoms with Crippen LogP contribution in [0.1, 0.15) is 58.3 Å². The van der Waals surface area contributed by atoms with Gasteiger partial charge in [-0.05, 0) is 31.1 Å². The van der Waals surface area contributed by atoms with E-state index in [-0.39, 0.29) is 31.7 Å². The van der Waals surface area contributed by atoms with Crippen LogP contribution in [-0.4, -0.2) is 121 Å². The molecule has 3 heterocycles. The van der Waals surface area contributed by atoms with Crippen LogP contribution in [0.15, 0.2) is 25.0 Å². The SMILES string of the molecule is CC(C)C[C@H](NC(=O)[C@@H]1CCCN1C(=O)[C@@H](NC(=O)CNC(=O)[C@H](Cc1cnc[nH]1)NC(=O)CNC(=O)[C@@H](N)Cc1cnc[nH]1)C(C)C)C(=O)O. The fraction of sp³-hybridized carbons (Fsp3) is 0.594. The number of nitrogens with two attached hydrogens (primary N) is 1. The summed E-state index contributed by atoms with van der Waals surface area (Å²) in [7, 11) is 0. The number of nitrogens with zero attached hydrogens (tertiary/aromatic N) is 3. The lowest BCUT2D eigenvalue weighted by Gasteiger charge is -2.31. The molecule has 2 aromatic heterocycles. The fourth-order valence-electron chi connectivity index (χ4n) is 5.57. The number of aromatic nitrogens is 4. The molecule has 0 aliphatic carbocycles. The van der Waals surface area contributed by atoms with Gasteiger partial charge < -0.3 is 52.3 Å². The average Bonchev–Trinajstić information content (AvgIpc) is 3.87. The van der Waals surface area contributed by atoms with Gasteiger partial charge in [0.2, 0.25) is 35.4 Å². The molecule has 0 aromatic carbocycles. The number of aliphatic carboxylic acids is 1. The molecule has 280 valence electrons. The van der Waals surface area contributed by atoms with Crippen LogP contribution >= 0.6 is 0 Å². The number of carboxylic acids is 1. The molecule has 0 unspecified atom stereocenters. The van der Waals surface area contributed by atoms with Crippen molar-refractivity contribution in [3.8, 4) is 0 Å². The quantitative estimate of drug-likeness (QED) is 0.0746. The minimum Gasteiger partial charge on any atom is -0.480 e. The number of imidazole rings is 2. The van der Waals surface area contributed by atoms with Crippen molar-refractivity contribution < 1.29 is 38.7 Å². The Hall–Kier alpha value is -5.33. The minimum absolute atomic E-state index is 0.0154. The molecule has 0 saturated carbocycles. The standard InChI is InChI=1S/C32H49N11O8/c1-17(2)8-23(32(50)51)41-30(48)24-6-5-7-43(24)31(49)27(18(3)4)42-26(45)14-37-29(47)22(10-20-12-35-16-39-20)40-25(44)13-36-28(46)21(33)9-19-11-34-15-38-19/h11-12,15-18,21-24,27H,5-10,13-14,33H2,1-4H3,(H,34,38)(H,35,39)(H,36,46)(H,37,47)(H,40,44)(H,41,48)(H,42,45)(H,50,51)/t21-,22-,23-,24-,27-/m0/s1. The van der Waals surface area contributed by atoms with Gasteiger partial charge in [-0.3, -0.25) is 28.8 Å². The van der Waals surface area contributed by atoms with Crippen molar-refractivity contribution in [2.75, 3.05) is 19.6 Å². The highest BCUT2D eigenvalue weighted by molar-refractivity contribution is 5.96. The monoisotopic (exact) mass is 715 g/mol. The van der Waals surface area contributed by atoms with Gasteiger partial charge in [-0.25, -0.2) is 14.8 Å². The van der Waals surface area contributed by atoms with Crippen LogP contribution in [0.4, 0.5) is 0 Å². The van der Waals surface area contributed by atoms with E-state index < -0.39 is 90.6 Å². The highest BCUT2D eigenvalue weighted by Crippen LogP contribution is 2.21. The second-order valence-electron chi connectivity index (χ2n) is 13.2. The van der Waals surface area contributed by atoms with Crippen molar-refractivity contribution in [1.29, 1.82) is 0 Å². The molecule has 1 aliphatic rings. The molecule has 5 atom stereocenters. The molecule has 1 aliphatic heterocycles. The molecule has 1 fully saturated rings. The maximum absolute atomic E-state index is 13.6. The van der Waals surface area contributed by atoms with E-state index in [0.29, 0.717) is 24.2 Å². The third-order valence-corrected chi connectivity index (χ3v) is 8.22.